The van der Waals surface area contributed by atoms with Gasteiger partial charge in [0.2, 0.25) is 0 Å². The van der Waals surface area contributed by atoms with E-state index in [1.54, 1.807) is 30.3 Å². The van der Waals surface area contributed by atoms with Crippen LogP contribution < -0.4 is 0 Å². The molecule has 0 atom stereocenters. The molecular weight excluding hydrogens is 428 g/mol. The second kappa shape index (κ2) is 9.05. The zero-order valence-corrected chi connectivity index (χ0v) is 16.5. The van der Waals surface area contributed by atoms with Crippen molar-refractivity contribution in [2.24, 2.45) is 0 Å². The molecule has 0 aliphatic carbocycles. The Kier molecular flexibility index (Phi) is 6.50. The summed E-state index contributed by atoms with van der Waals surface area (Å²) < 4.78 is 39.3. The number of ketones is 1. The molecule has 0 heterocycles. The van der Waals surface area contributed by atoms with Crippen molar-refractivity contribution in [1.82, 2.24) is 0 Å². The van der Waals surface area contributed by atoms with E-state index in [1.807, 2.05) is 36.4 Å². The fourth-order valence-electron chi connectivity index (χ4n) is 2.57. The molecule has 0 radical (unpaired) electrons. The second-order valence-corrected chi connectivity index (χ2v) is 8.22. The van der Waals surface area contributed by atoms with Crippen LogP contribution in [0.25, 0.3) is 4.47 Å². The number of hydrogen-bond acceptors (Lipinski definition) is 1. The predicted molar refractivity (Wildman–Crippen MR) is 106 cm³/mol. The predicted octanol–water partition coefficient (Wildman–Crippen LogP) is 5.83. The van der Waals surface area contributed by atoms with Crippen molar-refractivity contribution in [2.75, 3.05) is 0 Å². The van der Waals surface area contributed by atoms with Crippen LogP contribution in [0.3, 0.4) is 0 Å². The number of carbonyl (C=O) groups is 1. The summed E-state index contributed by atoms with van der Waals surface area (Å²) in [7, 11) is 0. The van der Waals surface area contributed by atoms with Gasteiger partial charge < -0.3 is 0 Å². The number of hydrogen-bond donors (Lipinski definition) is 0. The van der Waals surface area contributed by atoms with E-state index in [0.717, 1.165) is 27.5 Å². The van der Waals surface area contributed by atoms with E-state index in [0.29, 0.717) is 11.1 Å². The average molecular weight is 445 g/mol. The molecule has 0 aliphatic rings. The summed E-state index contributed by atoms with van der Waals surface area (Å²) in [6, 6.07) is 23.7. The zero-order chi connectivity index (χ0) is 20.0. The molecule has 142 valence electrons. The molecule has 0 amide bonds. The molecule has 0 aliphatic heterocycles. The van der Waals surface area contributed by atoms with Crippen LogP contribution in [-0.4, -0.2) is 20.7 Å². The summed E-state index contributed by atoms with van der Waals surface area (Å²) in [5, 5.41) is 0.753. The summed E-state index contributed by atoms with van der Waals surface area (Å²) in [6.45, 7) is 0. The third-order valence-corrected chi connectivity index (χ3v) is 6.45. The molecule has 0 fully saturated rings. The third-order valence-electron chi connectivity index (χ3n) is 4.05. The number of benzene rings is 3. The Morgan fingerprint density at radius 1 is 0.786 bits per heavy atom. The molecule has 28 heavy (non-hydrogen) atoms. The SMILES string of the molecule is O=C(/C=C(\[Se]Cc1ccccc1)c1ccc(C(F)(F)F)cc1)c1ccccc1. The number of halogens is 3. The van der Waals surface area contributed by atoms with Crippen LogP contribution in [0.5, 0.6) is 0 Å². The van der Waals surface area contributed by atoms with E-state index >= 15 is 0 Å². The molecule has 3 aromatic rings. The first-order valence-corrected chi connectivity index (χ1v) is 10.7. The van der Waals surface area contributed by atoms with E-state index in [9.17, 15) is 18.0 Å². The molecule has 0 saturated carbocycles. The molecule has 1 nitrogen and oxygen atoms in total. The molecule has 0 N–H and O–H groups in total. The first-order chi connectivity index (χ1) is 13.4. The van der Waals surface area contributed by atoms with E-state index in [4.69, 9.17) is 0 Å². The van der Waals surface area contributed by atoms with Gasteiger partial charge in [-0.2, -0.15) is 0 Å². The Balaban J connectivity index is 1.89. The molecule has 3 rings (SSSR count). The monoisotopic (exact) mass is 446 g/mol. The first kappa shape index (κ1) is 20.1. The van der Waals surface area contributed by atoms with Gasteiger partial charge in [-0.25, -0.2) is 0 Å². The summed E-state index contributed by atoms with van der Waals surface area (Å²) in [4.78, 5) is 12.6. The Labute approximate surface area is 168 Å². The Bertz CT molecular complexity index is 947. The molecule has 0 unspecified atom stereocenters. The molecular formula is C23H17F3OSe. The van der Waals surface area contributed by atoms with Gasteiger partial charge in [-0.15, -0.1) is 0 Å². The number of rotatable bonds is 6. The summed E-state index contributed by atoms with van der Waals surface area (Å²) in [5.41, 5.74) is 1.64. The second-order valence-electron chi connectivity index (χ2n) is 6.09. The molecule has 3 aromatic carbocycles. The van der Waals surface area contributed by atoms with Gasteiger partial charge in [0.25, 0.3) is 0 Å². The van der Waals surface area contributed by atoms with Gasteiger partial charge in [-0.05, 0) is 0 Å². The van der Waals surface area contributed by atoms with Crippen molar-refractivity contribution in [1.29, 1.82) is 0 Å². The third kappa shape index (κ3) is 5.44. The van der Waals surface area contributed by atoms with Gasteiger partial charge in [-0.1, -0.05) is 0 Å². The summed E-state index contributed by atoms with van der Waals surface area (Å²) >= 11 is -0.106. The van der Waals surface area contributed by atoms with E-state index in [2.05, 4.69) is 0 Å². The van der Waals surface area contributed by atoms with E-state index < -0.39 is 11.7 Å². The summed E-state index contributed by atoms with van der Waals surface area (Å²) in [6.07, 6.45) is -2.82. The van der Waals surface area contributed by atoms with Gasteiger partial charge in [0.1, 0.15) is 0 Å². The van der Waals surface area contributed by atoms with Crippen molar-refractivity contribution >= 4 is 25.2 Å². The van der Waals surface area contributed by atoms with E-state index in [-0.39, 0.29) is 20.7 Å². The van der Waals surface area contributed by atoms with E-state index in [1.165, 1.54) is 12.1 Å². The van der Waals surface area contributed by atoms with Crippen molar-refractivity contribution in [3.05, 3.63) is 113 Å². The average Bonchev–Trinajstić information content (AvgIpc) is 2.72. The minimum absolute atomic E-state index is 0.106. The maximum atomic E-state index is 12.9. The van der Waals surface area contributed by atoms with Gasteiger partial charge >= 0.3 is 168 Å². The van der Waals surface area contributed by atoms with Crippen LogP contribution >= 0.6 is 0 Å². The Hall–Kier alpha value is -2.62. The van der Waals surface area contributed by atoms with Crippen LogP contribution in [-0.2, 0) is 11.5 Å². The Morgan fingerprint density at radius 2 is 1.36 bits per heavy atom. The van der Waals surface area contributed by atoms with Crippen LogP contribution in [0, 0.1) is 0 Å². The standard InChI is InChI=1S/C23H17F3OSe/c24-23(25,26)20-13-11-19(12-14-20)22(28-16-17-7-3-1-4-8-17)15-21(27)18-9-5-2-6-10-18/h1-15H,16H2/b22-15-. The fourth-order valence-corrected chi connectivity index (χ4v) is 4.69. The fraction of sp³-hybridized carbons (Fsp3) is 0.0870. The number of allylic oxidation sites excluding steroid dienone is 1. The van der Waals surface area contributed by atoms with Crippen LogP contribution in [0.4, 0.5) is 13.2 Å². The van der Waals surface area contributed by atoms with Gasteiger partial charge in [-0.3, -0.25) is 0 Å². The van der Waals surface area contributed by atoms with Crippen LogP contribution in [0.1, 0.15) is 27.0 Å². The van der Waals surface area contributed by atoms with Gasteiger partial charge in [0.05, 0.1) is 0 Å². The molecule has 5 heteroatoms. The van der Waals surface area contributed by atoms with Crippen LogP contribution in [0.15, 0.2) is 91.0 Å². The van der Waals surface area contributed by atoms with Crippen LogP contribution in [0.2, 0.25) is 0 Å². The Morgan fingerprint density at radius 3 is 1.93 bits per heavy atom. The topological polar surface area (TPSA) is 17.1 Å². The van der Waals surface area contributed by atoms with Crippen molar-refractivity contribution in [3.8, 4) is 0 Å². The first-order valence-electron chi connectivity index (χ1n) is 8.59. The number of carbonyl (C=O) groups excluding carboxylic acids is 1. The van der Waals surface area contributed by atoms with Crippen molar-refractivity contribution in [3.63, 3.8) is 0 Å². The normalized spacial score (nSPS) is 12.0. The van der Waals surface area contributed by atoms with Gasteiger partial charge in [0.15, 0.2) is 0 Å². The molecule has 0 saturated heterocycles. The molecule has 0 bridgehead atoms. The van der Waals surface area contributed by atoms with Gasteiger partial charge in [0, 0.05) is 0 Å². The molecule has 0 spiro atoms. The maximum absolute atomic E-state index is 12.9. The minimum atomic E-state index is -4.38. The molecule has 0 aromatic heterocycles. The number of alkyl halides is 3. The zero-order valence-electron chi connectivity index (χ0n) is 14.8. The van der Waals surface area contributed by atoms with Crippen molar-refractivity contribution in [2.45, 2.75) is 11.5 Å². The quantitative estimate of drug-likeness (QED) is 0.265. The van der Waals surface area contributed by atoms with Crippen molar-refractivity contribution < 1.29 is 18.0 Å². The summed E-state index contributed by atoms with van der Waals surface area (Å²) in [5.74, 6) is -0.148.